The van der Waals surface area contributed by atoms with Gasteiger partial charge in [-0.3, -0.25) is 0 Å². The zero-order valence-corrected chi connectivity index (χ0v) is 12.4. The topological polar surface area (TPSA) is 46.5 Å². The molecule has 2 rings (SSSR count). The van der Waals surface area contributed by atoms with Crippen molar-refractivity contribution in [2.24, 2.45) is 0 Å². The van der Waals surface area contributed by atoms with Crippen molar-refractivity contribution in [2.75, 3.05) is 6.61 Å². The van der Waals surface area contributed by atoms with E-state index in [1.807, 2.05) is 12.1 Å². The molecule has 0 radical (unpaired) electrons. The van der Waals surface area contributed by atoms with Gasteiger partial charge in [-0.15, -0.1) is 0 Å². The minimum Gasteiger partial charge on any atom is -0.450 e. The highest BCUT2D eigenvalue weighted by Crippen LogP contribution is 2.17. The average molecular weight is 286 g/mol. The monoisotopic (exact) mass is 286 g/mol. The summed E-state index contributed by atoms with van der Waals surface area (Å²) >= 11 is 0. The standard InChI is InChI=1S/C12H10.C6H12O3/c1-3-7-11(8-4-1)12-9-5-2-6-10-12;1-2-3-4-5-9-6(7)8/h1-10H;2-5H2,1H3,(H,7,8). The van der Waals surface area contributed by atoms with Gasteiger partial charge in [0.2, 0.25) is 0 Å². The fourth-order valence-electron chi connectivity index (χ4n) is 1.77. The highest BCUT2D eigenvalue weighted by atomic mass is 16.7. The van der Waals surface area contributed by atoms with Crippen molar-refractivity contribution in [3.05, 3.63) is 60.7 Å². The second-order valence-electron chi connectivity index (χ2n) is 4.55. The summed E-state index contributed by atoms with van der Waals surface area (Å²) in [6, 6.07) is 20.8. The molecule has 112 valence electrons. The lowest BCUT2D eigenvalue weighted by molar-refractivity contribution is 0.0901. The molecule has 0 atom stereocenters. The molecule has 0 aromatic heterocycles. The van der Waals surface area contributed by atoms with Crippen LogP contribution in [0.5, 0.6) is 0 Å². The number of carboxylic acid groups (broad SMARTS) is 1. The van der Waals surface area contributed by atoms with Crippen LogP contribution in [0.1, 0.15) is 26.2 Å². The summed E-state index contributed by atoms with van der Waals surface area (Å²) in [5.41, 5.74) is 2.55. The molecule has 2 aromatic rings. The summed E-state index contributed by atoms with van der Waals surface area (Å²) in [5, 5.41) is 7.99. The van der Waals surface area contributed by atoms with E-state index in [9.17, 15) is 4.79 Å². The molecule has 0 amide bonds. The van der Waals surface area contributed by atoms with Crippen LogP contribution in [0.4, 0.5) is 4.79 Å². The number of benzene rings is 2. The van der Waals surface area contributed by atoms with Crippen LogP contribution in [0.25, 0.3) is 11.1 Å². The van der Waals surface area contributed by atoms with E-state index in [1.54, 1.807) is 0 Å². The van der Waals surface area contributed by atoms with Crippen molar-refractivity contribution in [3.8, 4) is 11.1 Å². The molecule has 0 aliphatic heterocycles. The van der Waals surface area contributed by atoms with Crippen molar-refractivity contribution in [2.45, 2.75) is 26.2 Å². The van der Waals surface area contributed by atoms with E-state index in [4.69, 9.17) is 5.11 Å². The van der Waals surface area contributed by atoms with E-state index in [0.29, 0.717) is 6.61 Å². The van der Waals surface area contributed by atoms with E-state index in [0.717, 1.165) is 19.3 Å². The van der Waals surface area contributed by atoms with Crippen LogP contribution in [0.15, 0.2) is 60.7 Å². The molecular weight excluding hydrogens is 264 g/mol. The van der Waals surface area contributed by atoms with Crippen LogP contribution >= 0.6 is 0 Å². The minimum absolute atomic E-state index is 0.336. The molecule has 0 heterocycles. The van der Waals surface area contributed by atoms with E-state index in [2.05, 4.69) is 60.2 Å². The van der Waals surface area contributed by atoms with Gasteiger partial charge in [0.1, 0.15) is 0 Å². The lowest BCUT2D eigenvalue weighted by Gasteiger charge is -1.98. The van der Waals surface area contributed by atoms with Gasteiger partial charge in [0.15, 0.2) is 0 Å². The minimum atomic E-state index is -1.17. The molecule has 0 saturated heterocycles. The van der Waals surface area contributed by atoms with Crippen LogP contribution < -0.4 is 0 Å². The molecule has 0 unspecified atom stereocenters. The van der Waals surface area contributed by atoms with Crippen molar-refractivity contribution >= 4 is 6.16 Å². The summed E-state index contributed by atoms with van der Waals surface area (Å²) in [6.45, 7) is 2.39. The SMILES string of the molecule is CCCCCOC(=O)O.c1ccc(-c2ccccc2)cc1. The van der Waals surface area contributed by atoms with Gasteiger partial charge < -0.3 is 9.84 Å². The molecule has 0 saturated carbocycles. The Bertz CT molecular complexity index is 457. The van der Waals surface area contributed by atoms with Gasteiger partial charge in [-0.05, 0) is 17.5 Å². The van der Waals surface area contributed by atoms with Gasteiger partial charge in [0.25, 0.3) is 0 Å². The Hall–Kier alpha value is -2.29. The van der Waals surface area contributed by atoms with Crippen molar-refractivity contribution in [1.29, 1.82) is 0 Å². The molecule has 21 heavy (non-hydrogen) atoms. The molecule has 3 heteroatoms. The molecule has 0 fully saturated rings. The molecule has 2 aromatic carbocycles. The molecule has 0 spiro atoms. The van der Waals surface area contributed by atoms with E-state index < -0.39 is 6.16 Å². The molecular formula is C18H22O3. The van der Waals surface area contributed by atoms with Crippen LogP contribution in [-0.4, -0.2) is 17.9 Å². The summed E-state index contributed by atoms with van der Waals surface area (Å²) in [7, 11) is 0. The van der Waals surface area contributed by atoms with Crippen LogP contribution in [0, 0.1) is 0 Å². The number of hydrogen-bond donors (Lipinski definition) is 1. The van der Waals surface area contributed by atoms with E-state index >= 15 is 0 Å². The fourth-order valence-corrected chi connectivity index (χ4v) is 1.77. The number of unbranched alkanes of at least 4 members (excludes halogenated alkanes) is 2. The fraction of sp³-hybridized carbons (Fsp3) is 0.278. The molecule has 3 nitrogen and oxygen atoms in total. The first-order valence-corrected chi connectivity index (χ1v) is 7.20. The third-order valence-electron chi connectivity index (χ3n) is 2.85. The lowest BCUT2D eigenvalue weighted by atomic mass is 10.1. The van der Waals surface area contributed by atoms with Gasteiger partial charge in [-0.1, -0.05) is 80.4 Å². The number of hydrogen-bond acceptors (Lipinski definition) is 2. The second kappa shape index (κ2) is 10.5. The maximum absolute atomic E-state index is 9.74. The molecule has 0 aliphatic carbocycles. The zero-order chi connectivity index (χ0) is 15.3. The predicted molar refractivity (Wildman–Crippen MR) is 85.4 cm³/mol. The van der Waals surface area contributed by atoms with Gasteiger partial charge in [0.05, 0.1) is 6.61 Å². The molecule has 1 N–H and O–H groups in total. The summed E-state index contributed by atoms with van der Waals surface area (Å²) in [6.07, 6.45) is 1.78. The van der Waals surface area contributed by atoms with E-state index in [-0.39, 0.29) is 0 Å². The smallest absolute Gasteiger partial charge is 0.450 e. The quantitative estimate of drug-likeness (QED) is 0.605. The van der Waals surface area contributed by atoms with Crippen molar-refractivity contribution < 1.29 is 14.6 Å². The van der Waals surface area contributed by atoms with E-state index in [1.165, 1.54) is 11.1 Å². The molecule has 0 aliphatic rings. The first-order valence-electron chi connectivity index (χ1n) is 7.20. The van der Waals surface area contributed by atoms with Crippen molar-refractivity contribution in [3.63, 3.8) is 0 Å². The maximum Gasteiger partial charge on any atom is 0.505 e. The number of carbonyl (C=O) groups is 1. The van der Waals surface area contributed by atoms with Gasteiger partial charge in [0, 0.05) is 0 Å². The maximum atomic E-state index is 9.74. The average Bonchev–Trinajstić information content (AvgIpc) is 2.54. The summed E-state index contributed by atoms with van der Waals surface area (Å²) in [4.78, 5) is 9.74. The molecule has 0 bridgehead atoms. The Labute approximate surface area is 126 Å². The Balaban J connectivity index is 0.000000222. The summed E-state index contributed by atoms with van der Waals surface area (Å²) < 4.78 is 4.26. The highest BCUT2D eigenvalue weighted by Gasteiger charge is 1.93. The Morgan fingerprint density at radius 2 is 1.38 bits per heavy atom. The summed E-state index contributed by atoms with van der Waals surface area (Å²) in [5.74, 6) is 0. The lowest BCUT2D eigenvalue weighted by Crippen LogP contribution is -2.00. The van der Waals surface area contributed by atoms with Gasteiger partial charge in [-0.25, -0.2) is 4.79 Å². The van der Waals surface area contributed by atoms with Gasteiger partial charge in [-0.2, -0.15) is 0 Å². The predicted octanol–water partition coefficient (Wildman–Crippen LogP) is 5.22. The van der Waals surface area contributed by atoms with Crippen LogP contribution in [0.2, 0.25) is 0 Å². The highest BCUT2D eigenvalue weighted by molar-refractivity contribution is 5.62. The first kappa shape index (κ1) is 16.8. The second-order valence-corrected chi connectivity index (χ2v) is 4.55. The Kier molecular flexibility index (Phi) is 8.38. The number of rotatable bonds is 5. The van der Waals surface area contributed by atoms with Crippen LogP contribution in [-0.2, 0) is 4.74 Å². The first-order chi connectivity index (χ1) is 10.2. The third-order valence-corrected chi connectivity index (χ3v) is 2.85. The normalized spacial score (nSPS) is 9.38. The van der Waals surface area contributed by atoms with Crippen LogP contribution in [0.3, 0.4) is 0 Å². The number of ether oxygens (including phenoxy) is 1. The Morgan fingerprint density at radius 1 is 0.905 bits per heavy atom. The third kappa shape index (κ3) is 7.78. The Morgan fingerprint density at radius 3 is 1.76 bits per heavy atom. The van der Waals surface area contributed by atoms with Crippen molar-refractivity contribution in [1.82, 2.24) is 0 Å². The zero-order valence-electron chi connectivity index (χ0n) is 12.4. The largest absolute Gasteiger partial charge is 0.505 e. The van der Waals surface area contributed by atoms with Gasteiger partial charge >= 0.3 is 6.16 Å².